The molecule has 0 aliphatic heterocycles. The van der Waals surface area contributed by atoms with Crippen molar-refractivity contribution in [2.24, 2.45) is 5.92 Å². The van der Waals surface area contributed by atoms with Gasteiger partial charge in [-0.1, -0.05) is 32.3 Å². The van der Waals surface area contributed by atoms with E-state index < -0.39 is 0 Å². The van der Waals surface area contributed by atoms with Crippen molar-refractivity contribution in [2.75, 3.05) is 0 Å². The summed E-state index contributed by atoms with van der Waals surface area (Å²) in [4.78, 5) is 9.40. The minimum atomic E-state index is 0.614. The molecule has 1 saturated carbocycles. The third kappa shape index (κ3) is 1.85. The predicted octanol–water partition coefficient (Wildman–Crippen LogP) is 4.31. The van der Waals surface area contributed by atoms with E-state index in [4.69, 9.17) is 4.98 Å². The highest BCUT2D eigenvalue weighted by molar-refractivity contribution is 9.15. The maximum absolute atomic E-state index is 4.85. The van der Waals surface area contributed by atoms with Gasteiger partial charge in [-0.25, -0.2) is 4.98 Å². The molecule has 0 radical (unpaired) electrons. The van der Waals surface area contributed by atoms with Crippen LogP contribution >= 0.6 is 15.9 Å². The molecule has 0 amide bonds. The second kappa shape index (κ2) is 4.69. The van der Waals surface area contributed by atoms with Crippen LogP contribution in [0.5, 0.6) is 0 Å². The summed E-state index contributed by atoms with van der Waals surface area (Å²) in [6.45, 7) is 2.37. The van der Waals surface area contributed by atoms with E-state index in [1.807, 2.05) is 6.20 Å². The third-order valence-corrected chi connectivity index (χ3v) is 5.49. The average Bonchev–Trinajstić information content (AvgIpc) is 3.02. The Morgan fingerprint density at radius 3 is 3.00 bits per heavy atom. The zero-order valence-corrected chi connectivity index (χ0v) is 13.2. The molecule has 104 valence electrons. The Balaban J connectivity index is 1.83. The fraction of sp³-hybridized carbons (Fsp3) is 0.500. The van der Waals surface area contributed by atoms with E-state index in [0.29, 0.717) is 5.92 Å². The number of hydrogen-bond acceptors (Lipinski definition) is 2. The Labute approximate surface area is 127 Å². The first-order valence-corrected chi connectivity index (χ1v) is 8.26. The standard InChI is InChI=1S/C16H18BrN3/c1-10-4-2-3-5-11(10)14-9-20-15(19-14)8-18-13-7-6-12(17)16(13)20/h6,8-11H,2-5,7H2,1H3. The smallest absolute Gasteiger partial charge is 0.156 e. The molecule has 1 fully saturated rings. The first-order valence-electron chi connectivity index (χ1n) is 7.47. The monoisotopic (exact) mass is 331 g/mol. The van der Waals surface area contributed by atoms with Crippen LogP contribution in [0.25, 0.3) is 10.1 Å². The first kappa shape index (κ1) is 12.6. The Morgan fingerprint density at radius 2 is 2.15 bits per heavy atom. The number of aromatic nitrogens is 3. The van der Waals surface area contributed by atoms with Gasteiger partial charge in [0.05, 0.1) is 23.3 Å². The molecule has 0 saturated heterocycles. The molecule has 20 heavy (non-hydrogen) atoms. The highest BCUT2D eigenvalue weighted by Gasteiger charge is 2.26. The quantitative estimate of drug-likeness (QED) is 0.779. The van der Waals surface area contributed by atoms with Gasteiger partial charge < -0.3 is 0 Å². The van der Waals surface area contributed by atoms with Crippen LogP contribution in [0.1, 0.15) is 55.6 Å². The lowest BCUT2D eigenvalue weighted by atomic mass is 9.79. The number of nitrogens with zero attached hydrogens (tertiary/aromatic N) is 3. The molecule has 2 atom stereocenters. The van der Waals surface area contributed by atoms with E-state index >= 15 is 0 Å². The van der Waals surface area contributed by atoms with E-state index in [0.717, 1.165) is 28.2 Å². The molecule has 0 bridgehead atoms. The molecular formula is C16H18BrN3. The van der Waals surface area contributed by atoms with Crippen LogP contribution < -0.4 is 0 Å². The Morgan fingerprint density at radius 1 is 1.30 bits per heavy atom. The first-order chi connectivity index (χ1) is 9.74. The summed E-state index contributed by atoms with van der Waals surface area (Å²) < 4.78 is 3.36. The van der Waals surface area contributed by atoms with Crippen molar-refractivity contribution < 1.29 is 0 Å². The Hall–Kier alpha value is -1.16. The Kier molecular flexibility index (Phi) is 2.95. The zero-order chi connectivity index (χ0) is 13.7. The van der Waals surface area contributed by atoms with Gasteiger partial charge in [0, 0.05) is 23.0 Å². The van der Waals surface area contributed by atoms with Gasteiger partial charge in [0.15, 0.2) is 5.65 Å². The van der Waals surface area contributed by atoms with Gasteiger partial charge in [-0.3, -0.25) is 9.38 Å². The molecule has 2 aromatic rings. The molecule has 2 aromatic heterocycles. The summed E-state index contributed by atoms with van der Waals surface area (Å²) in [6, 6.07) is 0. The molecule has 2 unspecified atom stereocenters. The summed E-state index contributed by atoms with van der Waals surface area (Å²) in [5.41, 5.74) is 4.55. The number of imidazole rings is 1. The largest absolute Gasteiger partial charge is 0.296 e. The molecule has 4 rings (SSSR count). The van der Waals surface area contributed by atoms with Crippen molar-refractivity contribution in [1.82, 2.24) is 14.4 Å². The lowest BCUT2D eigenvalue weighted by Crippen LogP contribution is -2.14. The van der Waals surface area contributed by atoms with Crippen LogP contribution in [-0.2, 0) is 6.42 Å². The molecule has 2 heterocycles. The topological polar surface area (TPSA) is 30.2 Å². The predicted molar refractivity (Wildman–Crippen MR) is 84.0 cm³/mol. The molecule has 0 aromatic carbocycles. The van der Waals surface area contributed by atoms with Crippen LogP contribution in [0, 0.1) is 5.92 Å². The van der Waals surface area contributed by atoms with Gasteiger partial charge in [0.2, 0.25) is 0 Å². The lowest BCUT2D eigenvalue weighted by molar-refractivity contribution is 0.326. The third-order valence-electron chi connectivity index (χ3n) is 4.79. The summed E-state index contributed by atoms with van der Waals surface area (Å²) in [5.74, 6) is 1.36. The van der Waals surface area contributed by atoms with E-state index in [-0.39, 0.29) is 0 Å². The van der Waals surface area contributed by atoms with Crippen LogP contribution in [0.4, 0.5) is 0 Å². The van der Waals surface area contributed by atoms with E-state index in [2.05, 4.69) is 44.5 Å². The number of fused-ring (bicyclic) bond motifs is 3. The molecule has 0 spiro atoms. The minimum absolute atomic E-state index is 0.614. The molecule has 2 aliphatic rings. The summed E-state index contributed by atoms with van der Waals surface area (Å²) in [5, 5.41) is 0. The maximum Gasteiger partial charge on any atom is 0.156 e. The summed E-state index contributed by atoms with van der Waals surface area (Å²) in [7, 11) is 0. The highest BCUT2D eigenvalue weighted by Crippen LogP contribution is 2.38. The molecule has 3 nitrogen and oxygen atoms in total. The van der Waals surface area contributed by atoms with E-state index in [9.17, 15) is 0 Å². The van der Waals surface area contributed by atoms with Crippen LogP contribution in [-0.4, -0.2) is 14.4 Å². The fourth-order valence-electron chi connectivity index (χ4n) is 3.64. The second-order valence-electron chi connectivity index (χ2n) is 6.07. The molecule has 2 aliphatic carbocycles. The second-order valence-corrected chi connectivity index (χ2v) is 6.93. The fourth-order valence-corrected chi connectivity index (χ4v) is 4.22. The maximum atomic E-state index is 4.85. The minimum Gasteiger partial charge on any atom is -0.296 e. The van der Waals surface area contributed by atoms with Crippen molar-refractivity contribution in [3.63, 3.8) is 0 Å². The number of allylic oxidation sites excluding steroid dienone is 1. The van der Waals surface area contributed by atoms with Crippen LogP contribution in [0.15, 0.2) is 18.5 Å². The number of hydrogen-bond donors (Lipinski definition) is 0. The van der Waals surface area contributed by atoms with Crippen molar-refractivity contribution in [2.45, 2.75) is 44.9 Å². The zero-order valence-electron chi connectivity index (χ0n) is 11.6. The van der Waals surface area contributed by atoms with E-state index in [1.54, 1.807) is 0 Å². The van der Waals surface area contributed by atoms with Crippen molar-refractivity contribution in [3.05, 3.63) is 35.6 Å². The van der Waals surface area contributed by atoms with E-state index in [1.165, 1.54) is 37.1 Å². The Bertz CT molecular complexity index is 701. The van der Waals surface area contributed by atoms with Gasteiger partial charge in [-0.15, -0.1) is 0 Å². The molecule has 4 heteroatoms. The van der Waals surface area contributed by atoms with Crippen LogP contribution in [0.2, 0.25) is 0 Å². The van der Waals surface area contributed by atoms with Gasteiger partial charge in [-0.05, 0) is 28.3 Å². The van der Waals surface area contributed by atoms with Crippen molar-refractivity contribution in [3.8, 4) is 0 Å². The lowest BCUT2D eigenvalue weighted by Gasteiger charge is -2.27. The van der Waals surface area contributed by atoms with Gasteiger partial charge in [-0.2, -0.15) is 0 Å². The summed E-state index contributed by atoms with van der Waals surface area (Å²) in [6.07, 6.45) is 12.6. The number of rotatable bonds is 1. The van der Waals surface area contributed by atoms with Crippen molar-refractivity contribution >= 4 is 26.1 Å². The van der Waals surface area contributed by atoms with Crippen LogP contribution in [0.3, 0.4) is 0 Å². The average molecular weight is 332 g/mol. The SMILES string of the molecule is CC1CCCCC1c1cn2c3c(ncc2n1)CC=C3Br. The van der Waals surface area contributed by atoms with Gasteiger partial charge in [0.25, 0.3) is 0 Å². The summed E-state index contributed by atoms with van der Waals surface area (Å²) >= 11 is 3.65. The molecule has 0 N–H and O–H groups in total. The van der Waals surface area contributed by atoms with Gasteiger partial charge in [0.1, 0.15) is 0 Å². The normalized spacial score (nSPS) is 25.8. The molecular weight excluding hydrogens is 314 g/mol. The van der Waals surface area contributed by atoms with Gasteiger partial charge >= 0.3 is 0 Å². The number of halogens is 1. The highest BCUT2D eigenvalue weighted by atomic mass is 79.9. The van der Waals surface area contributed by atoms with Crippen molar-refractivity contribution in [1.29, 1.82) is 0 Å².